The summed E-state index contributed by atoms with van der Waals surface area (Å²) in [4.78, 5) is 4.62. The number of aromatic nitrogens is 1. The third kappa shape index (κ3) is 3.55. The van der Waals surface area contributed by atoms with Crippen molar-refractivity contribution in [3.8, 4) is 5.75 Å². The van der Waals surface area contributed by atoms with Crippen LogP contribution >= 0.6 is 11.6 Å². The highest BCUT2D eigenvalue weighted by molar-refractivity contribution is 6.30. The van der Waals surface area contributed by atoms with Crippen molar-refractivity contribution in [1.82, 2.24) is 10.3 Å². The van der Waals surface area contributed by atoms with Gasteiger partial charge in [-0.2, -0.15) is 0 Å². The van der Waals surface area contributed by atoms with Crippen LogP contribution in [0.4, 0.5) is 0 Å². The molecule has 0 aliphatic rings. The summed E-state index contributed by atoms with van der Waals surface area (Å²) in [6, 6.07) is 7.77. The third-order valence-corrected chi connectivity index (χ3v) is 3.68. The summed E-state index contributed by atoms with van der Waals surface area (Å²) in [5.41, 5.74) is 4.32. The van der Waals surface area contributed by atoms with Crippen LogP contribution in [-0.2, 0) is 0 Å². The number of pyridine rings is 1. The summed E-state index contributed by atoms with van der Waals surface area (Å²) in [5.74, 6) is 0.812. The molecular weight excluding hydrogens is 284 g/mol. The van der Waals surface area contributed by atoms with Gasteiger partial charge in [-0.25, -0.2) is 0 Å². The van der Waals surface area contributed by atoms with Crippen molar-refractivity contribution in [2.75, 3.05) is 13.7 Å². The van der Waals surface area contributed by atoms with Gasteiger partial charge >= 0.3 is 0 Å². The molecule has 1 aromatic heterocycles. The second kappa shape index (κ2) is 6.92. The van der Waals surface area contributed by atoms with Crippen LogP contribution < -0.4 is 10.1 Å². The van der Waals surface area contributed by atoms with Crippen LogP contribution in [0.2, 0.25) is 5.02 Å². The highest BCUT2D eigenvalue weighted by Gasteiger charge is 2.21. The lowest BCUT2D eigenvalue weighted by atomic mass is 9.98. The fourth-order valence-electron chi connectivity index (χ4n) is 2.52. The van der Waals surface area contributed by atoms with E-state index in [-0.39, 0.29) is 6.04 Å². The number of hydrogen-bond donors (Lipinski definition) is 1. The van der Waals surface area contributed by atoms with Crippen LogP contribution in [0.1, 0.15) is 35.3 Å². The maximum atomic E-state index is 6.17. The highest BCUT2D eigenvalue weighted by atomic mass is 35.5. The molecule has 3 nitrogen and oxygen atoms in total. The average Bonchev–Trinajstić information content (AvgIpc) is 2.45. The fraction of sp³-hybridized carbons (Fsp3) is 0.353. The van der Waals surface area contributed by atoms with E-state index in [1.54, 1.807) is 7.11 Å². The molecule has 4 heteroatoms. The lowest BCUT2D eigenvalue weighted by Gasteiger charge is -2.22. The van der Waals surface area contributed by atoms with Crippen LogP contribution in [0.25, 0.3) is 0 Å². The molecule has 0 radical (unpaired) electrons. The van der Waals surface area contributed by atoms with Gasteiger partial charge in [0.25, 0.3) is 0 Å². The molecule has 2 rings (SSSR count). The topological polar surface area (TPSA) is 34.1 Å². The average molecular weight is 305 g/mol. The second-order valence-corrected chi connectivity index (χ2v) is 5.53. The Labute approximate surface area is 131 Å². The van der Waals surface area contributed by atoms with E-state index in [1.807, 2.05) is 31.3 Å². The molecule has 1 heterocycles. The third-order valence-electron chi connectivity index (χ3n) is 3.44. The predicted molar refractivity (Wildman–Crippen MR) is 87.2 cm³/mol. The Kier molecular flexibility index (Phi) is 5.21. The molecule has 0 bridgehead atoms. The molecule has 21 heavy (non-hydrogen) atoms. The van der Waals surface area contributed by atoms with Gasteiger partial charge in [-0.05, 0) is 49.7 Å². The van der Waals surface area contributed by atoms with E-state index in [1.165, 1.54) is 0 Å². The molecule has 0 spiro atoms. The van der Waals surface area contributed by atoms with Crippen LogP contribution in [0.3, 0.4) is 0 Å². The summed E-state index contributed by atoms with van der Waals surface area (Å²) in [5, 5.41) is 4.17. The smallest absolute Gasteiger partial charge is 0.124 e. The first kappa shape index (κ1) is 15.8. The van der Waals surface area contributed by atoms with E-state index in [4.69, 9.17) is 16.3 Å². The van der Waals surface area contributed by atoms with Gasteiger partial charge in [-0.15, -0.1) is 0 Å². The lowest BCUT2D eigenvalue weighted by molar-refractivity contribution is 0.403. The van der Waals surface area contributed by atoms with E-state index in [9.17, 15) is 0 Å². The van der Waals surface area contributed by atoms with Gasteiger partial charge < -0.3 is 10.1 Å². The largest absolute Gasteiger partial charge is 0.496 e. The summed E-state index contributed by atoms with van der Waals surface area (Å²) in [6.45, 7) is 7.03. The number of aryl methyl sites for hydroxylation is 2. The quantitative estimate of drug-likeness (QED) is 0.904. The Morgan fingerprint density at radius 2 is 2.05 bits per heavy atom. The first-order valence-corrected chi connectivity index (χ1v) is 7.44. The summed E-state index contributed by atoms with van der Waals surface area (Å²) >= 11 is 6.17. The van der Waals surface area contributed by atoms with Gasteiger partial charge in [-0.1, -0.05) is 24.6 Å². The Balaban J connectivity index is 2.55. The number of hydrogen-bond acceptors (Lipinski definition) is 3. The summed E-state index contributed by atoms with van der Waals surface area (Å²) < 4.78 is 5.49. The minimum absolute atomic E-state index is 0.0377. The molecule has 1 aromatic carbocycles. The van der Waals surface area contributed by atoms with Crippen molar-refractivity contribution in [3.63, 3.8) is 0 Å². The standard InChI is InChI=1S/C17H21ClN2O/c1-5-19-17(16-12(3)8-11(2)10-20-16)14-9-13(18)6-7-15(14)21-4/h6-10,17,19H,5H2,1-4H3. The molecule has 0 saturated carbocycles. The van der Waals surface area contributed by atoms with Crippen molar-refractivity contribution >= 4 is 11.6 Å². The minimum atomic E-state index is -0.0377. The van der Waals surface area contributed by atoms with Gasteiger partial charge in [0, 0.05) is 16.8 Å². The molecule has 0 fully saturated rings. The Hall–Kier alpha value is -1.58. The Morgan fingerprint density at radius 3 is 2.67 bits per heavy atom. The molecular formula is C17H21ClN2O. The molecule has 0 amide bonds. The first-order chi connectivity index (χ1) is 10.1. The number of methoxy groups -OCH3 is 1. The van der Waals surface area contributed by atoms with E-state index in [0.717, 1.165) is 34.7 Å². The van der Waals surface area contributed by atoms with E-state index in [2.05, 4.69) is 30.2 Å². The zero-order chi connectivity index (χ0) is 15.4. The maximum Gasteiger partial charge on any atom is 0.124 e. The van der Waals surface area contributed by atoms with Gasteiger partial charge in [0.05, 0.1) is 18.8 Å². The summed E-state index contributed by atoms with van der Waals surface area (Å²) in [7, 11) is 1.67. The van der Waals surface area contributed by atoms with Gasteiger partial charge in [0.15, 0.2) is 0 Å². The van der Waals surface area contributed by atoms with Gasteiger partial charge in [0.1, 0.15) is 5.75 Å². The predicted octanol–water partition coefficient (Wildman–Crippen LogP) is 4.06. The van der Waals surface area contributed by atoms with Crippen molar-refractivity contribution in [3.05, 3.63) is 57.9 Å². The van der Waals surface area contributed by atoms with E-state index < -0.39 is 0 Å². The Bertz CT molecular complexity index is 628. The van der Waals surface area contributed by atoms with Crippen LogP contribution in [0, 0.1) is 13.8 Å². The minimum Gasteiger partial charge on any atom is -0.496 e. The van der Waals surface area contributed by atoms with E-state index >= 15 is 0 Å². The zero-order valence-corrected chi connectivity index (χ0v) is 13.7. The van der Waals surface area contributed by atoms with E-state index in [0.29, 0.717) is 5.02 Å². The molecule has 1 atom stereocenters. The number of rotatable bonds is 5. The molecule has 112 valence electrons. The van der Waals surface area contributed by atoms with Crippen molar-refractivity contribution in [1.29, 1.82) is 0 Å². The highest BCUT2D eigenvalue weighted by Crippen LogP contribution is 2.32. The second-order valence-electron chi connectivity index (χ2n) is 5.09. The first-order valence-electron chi connectivity index (χ1n) is 7.06. The lowest BCUT2D eigenvalue weighted by Crippen LogP contribution is -2.24. The number of halogens is 1. The SMILES string of the molecule is CCNC(c1cc(Cl)ccc1OC)c1ncc(C)cc1C. The molecule has 1 unspecified atom stereocenters. The van der Waals surface area contributed by atoms with Crippen LogP contribution in [-0.4, -0.2) is 18.6 Å². The number of nitrogens with one attached hydrogen (secondary N) is 1. The molecule has 1 N–H and O–H groups in total. The van der Waals surface area contributed by atoms with Crippen molar-refractivity contribution in [2.24, 2.45) is 0 Å². The Morgan fingerprint density at radius 1 is 1.29 bits per heavy atom. The molecule has 2 aromatic rings. The molecule has 0 saturated heterocycles. The molecule has 0 aliphatic heterocycles. The summed E-state index contributed by atoms with van der Waals surface area (Å²) in [6.07, 6.45) is 1.89. The monoisotopic (exact) mass is 304 g/mol. The van der Waals surface area contributed by atoms with Crippen LogP contribution in [0.15, 0.2) is 30.5 Å². The molecule has 0 aliphatic carbocycles. The van der Waals surface area contributed by atoms with Gasteiger partial charge in [0.2, 0.25) is 0 Å². The number of ether oxygens (including phenoxy) is 1. The van der Waals surface area contributed by atoms with Gasteiger partial charge in [-0.3, -0.25) is 4.98 Å². The number of benzene rings is 1. The van der Waals surface area contributed by atoms with Crippen molar-refractivity contribution in [2.45, 2.75) is 26.8 Å². The normalized spacial score (nSPS) is 12.2. The van der Waals surface area contributed by atoms with Crippen LogP contribution in [0.5, 0.6) is 5.75 Å². The maximum absolute atomic E-state index is 6.17. The number of nitrogens with zero attached hydrogens (tertiary/aromatic N) is 1. The van der Waals surface area contributed by atoms with Crippen molar-refractivity contribution < 1.29 is 4.74 Å². The fourth-order valence-corrected chi connectivity index (χ4v) is 2.70. The zero-order valence-electron chi connectivity index (χ0n) is 12.9.